The second-order valence-electron chi connectivity index (χ2n) is 8.60. The van der Waals surface area contributed by atoms with Crippen LogP contribution < -0.4 is 5.73 Å². The van der Waals surface area contributed by atoms with Crippen LogP contribution in [-0.4, -0.2) is 54.5 Å². The van der Waals surface area contributed by atoms with Crippen molar-refractivity contribution in [3.05, 3.63) is 35.9 Å². The summed E-state index contributed by atoms with van der Waals surface area (Å²) in [6.07, 6.45) is 6.93. The number of hydrogen-bond acceptors (Lipinski definition) is 3. The molecule has 2 aliphatic carbocycles. The molecule has 1 aromatic carbocycles. The van der Waals surface area contributed by atoms with E-state index in [0.29, 0.717) is 23.8 Å². The van der Waals surface area contributed by atoms with Gasteiger partial charge in [-0.05, 0) is 49.5 Å². The summed E-state index contributed by atoms with van der Waals surface area (Å²) in [6.45, 7) is 4.90. The third-order valence-corrected chi connectivity index (χ3v) is 7.01. The van der Waals surface area contributed by atoms with E-state index in [-0.39, 0.29) is 30.7 Å². The van der Waals surface area contributed by atoms with E-state index in [1.807, 2.05) is 0 Å². The van der Waals surface area contributed by atoms with Crippen molar-refractivity contribution in [1.29, 1.82) is 0 Å². The number of carbonyl (C=O) groups is 1. The summed E-state index contributed by atoms with van der Waals surface area (Å²) in [5.74, 6) is 1.82. The minimum Gasteiger partial charge on any atom is -0.340 e. The maximum Gasteiger partial charge on any atom is 0.225 e. The van der Waals surface area contributed by atoms with Crippen LogP contribution in [0, 0.1) is 17.8 Å². The Morgan fingerprint density at radius 3 is 2.18 bits per heavy atom. The topological polar surface area (TPSA) is 49.6 Å². The zero-order valence-corrected chi connectivity index (χ0v) is 18.3. The van der Waals surface area contributed by atoms with Gasteiger partial charge in [0.05, 0.1) is 0 Å². The Bertz CT molecular complexity index is 593. The molecule has 4 rings (SSSR count). The number of fused-ring (bicyclic) bond motifs is 2. The lowest BCUT2D eigenvalue weighted by Gasteiger charge is -2.45. The lowest BCUT2D eigenvalue weighted by Crippen LogP contribution is -2.53. The van der Waals surface area contributed by atoms with Gasteiger partial charge in [-0.2, -0.15) is 0 Å². The maximum atomic E-state index is 13.0. The van der Waals surface area contributed by atoms with Gasteiger partial charge in [0.1, 0.15) is 0 Å². The van der Waals surface area contributed by atoms with Gasteiger partial charge in [-0.3, -0.25) is 9.69 Å². The van der Waals surface area contributed by atoms with Gasteiger partial charge < -0.3 is 10.6 Å². The molecular formula is C22H35Cl2N3O. The quantitative estimate of drug-likeness (QED) is 0.800. The molecule has 4 nitrogen and oxygen atoms in total. The lowest BCUT2D eigenvalue weighted by atomic mass is 9.65. The molecule has 2 N–H and O–H groups in total. The number of rotatable bonds is 4. The highest BCUT2D eigenvalue weighted by Gasteiger charge is 2.41. The summed E-state index contributed by atoms with van der Waals surface area (Å²) in [7, 11) is 0. The van der Waals surface area contributed by atoms with Gasteiger partial charge in [-0.15, -0.1) is 24.8 Å². The number of nitrogens with two attached hydrogens (primary N) is 1. The van der Waals surface area contributed by atoms with Crippen LogP contribution in [-0.2, 0) is 11.2 Å². The van der Waals surface area contributed by atoms with E-state index in [4.69, 9.17) is 5.73 Å². The molecule has 6 heteroatoms. The van der Waals surface area contributed by atoms with Gasteiger partial charge in [0.25, 0.3) is 0 Å². The normalized spacial score (nSPS) is 30.1. The number of benzene rings is 1. The summed E-state index contributed by atoms with van der Waals surface area (Å²) >= 11 is 0. The molecule has 1 aliphatic heterocycles. The predicted molar refractivity (Wildman–Crippen MR) is 119 cm³/mol. The van der Waals surface area contributed by atoms with Crippen molar-refractivity contribution in [1.82, 2.24) is 9.80 Å². The first-order valence-electron chi connectivity index (χ1n) is 10.5. The number of carbonyl (C=O) groups excluding carboxylic acids is 1. The lowest BCUT2D eigenvalue weighted by molar-refractivity contribution is -0.140. The van der Waals surface area contributed by atoms with Crippen LogP contribution in [0.4, 0.5) is 0 Å². The number of halogens is 2. The summed E-state index contributed by atoms with van der Waals surface area (Å²) in [5, 5.41) is 0. The molecule has 158 valence electrons. The van der Waals surface area contributed by atoms with Gasteiger partial charge in [0.15, 0.2) is 0 Å². The van der Waals surface area contributed by atoms with E-state index >= 15 is 0 Å². The fraction of sp³-hybridized carbons (Fsp3) is 0.682. The number of nitrogens with zero attached hydrogens (tertiary/aromatic N) is 2. The van der Waals surface area contributed by atoms with E-state index in [2.05, 4.69) is 40.1 Å². The maximum absolute atomic E-state index is 13.0. The van der Waals surface area contributed by atoms with Crippen molar-refractivity contribution >= 4 is 30.7 Å². The minimum absolute atomic E-state index is 0. The standard InChI is InChI=1S/C22H33N3O.2ClH/c23-21-18-7-4-8-19(21)16-20(15-18)22(26)25-13-11-24(12-14-25)10-9-17-5-2-1-3-6-17;;/h1-3,5-6,18-21H,4,7-16,23H2;2*1H. The van der Waals surface area contributed by atoms with Crippen molar-refractivity contribution in [3.63, 3.8) is 0 Å². The molecule has 1 amide bonds. The number of hydrogen-bond donors (Lipinski definition) is 1. The smallest absolute Gasteiger partial charge is 0.225 e. The Balaban J connectivity index is 0.00000140. The van der Waals surface area contributed by atoms with Crippen LogP contribution in [0.5, 0.6) is 0 Å². The molecule has 28 heavy (non-hydrogen) atoms. The summed E-state index contributed by atoms with van der Waals surface area (Å²) in [4.78, 5) is 17.7. The van der Waals surface area contributed by atoms with Crippen molar-refractivity contribution < 1.29 is 4.79 Å². The highest BCUT2D eigenvalue weighted by Crippen LogP contribution is 2.42. The second-order valence-corrected chi connectivity index (χ2v) is 8.60. The summed E-state index contributed by atoms with van der Waals surface area (Å²) in [6, 6.07) is 11.0. The average molecular weight is 428 g/mol. The van der Waals surface area contributed by atoms with Crippen LogP contribution >= 0.6 is 24.8 Å². The Labute approximate surface area is 182 Å². The Morgan fingerprint density at radius 2 is 1.57 bits per heavy atom. The monoisotopic (exact) mass is 427 g/mol. The van der Waals surface area contributed by atoms with E-state index < -0.39 is 0 Å². The van der Waals surface area contributed by atoms with E-state index in [0.717, 1.165) is 52.0 Å². The fourth-order valence-corrected chi connectivity index (χ4v) is 5.37. The van der Waals surface area contributed by atoms with Gasteiger partial charge in [-0.25, -0.2) is 0 Å². The molecule has 3 aliphatic rings. The molecule has 0 radical (unpaired) electrons. The molecule has 2 atom stereocenters. The van der Waals surface area contributed by atoms with Gasteiger partial charge in [0, 0.05) is 44.7 Å². The first-order valence-corrected chi connectivity index (χ1v) is 10.5. The Morgan fingerprint density at radius 1 is 0.964 bits per heavy atom. The third kappa shape index (κ3) is 5.41. The summed E-state index contributed by atoms with van der Waals surface area (Å²) < 4.78 is 0. The van der Waals surface area contributed by atoms with Crippen LogP contribution in [0.1, 0.15) is 37.7 Å². The van der Waals surface area contributed by atoms with E-state index in [1.54, 1.807) is 0 Å². The first kappa shape index (κ1) is 23.5. The van der Waals surface area contributed by atoms with Crippen molar-refractivity contribution in [2.45, 2.75) is 44.6 Å². The van der Waals surface area contributed by atoms with Crippen molar-refractivity contribution in [2.75, 3.05) is 32.7 Å². The van der Waals surface area contributed by atoms with Crippen LogP contribution in [0.3, 0.4) is 0 Å². The molecular weight excluding hydrogens is 393 g/mol. The summed E-state index contributed by atoms with van der Waals surface area (Å²) in [5.41, 5.74) is 7.79. The second kappa shape index (κ2) is 10.8. The SMILES string of the molecule is Cl.Cl.NC1C2CCCC1CC(C(=O)N1CCN(CCc3ccccc3)CC1)C2. The van der Waals surface area contributed by atoms with Crippen LogP contribution in [0.2, 0.25) is 0 Å². The molecule has 2 unspecified atom stereocenters. The Kier molecular flexibility index (Phi) is 9.07. The highest BCUT2D eigenvalue weighted by molar-refractivity contribution is 5.85. The molecule has 0 aromatic heterocycles. The molecule has 2 bridgehead atoms. The molecule has 1 heterocycles. The number of amides is 1. The molecule has 3 fully saturated rings. The zero-order valence-electron chi connectivity index (χ0n) is 16.7. The third-order valence-electron chi connectivity index (χ3n) is 7.01. The van der Waals surface area contributed by atoms with Crippen molar-refractivity contribution in [3.8, 4) is 0 Å². The predicted octanol–water partition coefficient (Wildman–Crippen LogP) is 3.37. The largest absolute Gasteiger partial charge is 0.340 e. The van der Waals surface area contributed by atoms with Gasteiger partial charge in [-0.1, -0.05) is 36.8 Å². The molecule has 0 spiro atoms. The molecule has 1 saturated heterocycles. The Hall–Kier alpha value is -0.810. The average Bonchev–Trinajstić information content (AvgIpc) is 2.67. The first-order chi connectivity index (χ1) is 12.7. The molecule has 2 saturated carbocycles. The van der Waals surface area contributed by atoms with E-state index in [9.17, 15) is 4.79 Å². The van der Waals surface area contributed by atoms with E-state index in [1.165, 1.54) is 24.8 Å². The minimum atomic E-state index is 0. The molecule has 1 aromatic rings. The van der Waals surface area contributed by atoms with Crippen molar-refractivity contribution in [2.24, 2.45) is 23.5 Å². The fourth-order valence-electron chi connectivity index (χ4n) is 5.37. The van der Waals surface area contributed by atoms with Crippen LogP contribution in [0.15, 0.2) is 30.3 Å². The van der Waals surface area contributed by atoms with Gasteiger partial charge in [0.2, 0.25) is 5.91 Å². The highest BCUT2D eigenvalue weighted by atomic mass is 35.5. The van der Waals surface area contributed by atoms with Gasteiger partial charge >= 0.3 is 0 Å². The zero-order chi connectivity index (χ0) is 17.9. The van der Waals surface area contributed by atoms with Crippen LogP contribution in [0.25, 0.3) is 0 Å². The number of piperazine rings is 1.